The quantitative estimate of drug-likeness (QED) is 0.117. The summed E-state index contributed by atoms with van der Waals surface area (Å²) in [6.07, 6.45) is -7.18. The van der Waals surface area contributed by atoms with Gasteiger partial charge in [0.25, 0.3) is 5.91 Å². The molecule has 3 rings (SSSR count). The maximum atomic E-state index is 12.6. The maximum absolute atomic E-state index is 12.6. The van der Waals surface area contributed by atoms with Gasteiger partial charge in [-0.15, -0.1) is 0 Å². The Balaban J connectivity index is 0.000000812. The van der Waals surface area contributed by atoms with Crippen molar-refractivity contribution in [3.63, 3.8) is 0 Å². The van der Waals surface area contributed by atoms with Crippen LogP contribution in [0.15, 0.2) is 36.5 Å². The van der Waals surface area contributed by atoms with Crippen LogP contribution in [0.1, 0.15) is 62.5 Å². The average Bonchev–Trinajstić information content (AvgIpc) is 3.06. The molecule has 3 aromatic rings. The van der Waals surface area contributed by atoms with E-state index in [0.29, 0.717) is 54.3 Å². The van der Waals surface area contributed by atoms with Gasteiger partial charge < -0.3 is 41.8 Å². The van der Waals surface area contributed by atoms with E-state index in [0.717, 1.165) is 23.2 Å². The summed E-state index contributed by atoms with van der Waals surface area (Å²) in [6.45, 7) is 11.1. The zero-order chi connectivity index (χ0) is 40.0. The number of fused-ring (bicyclic) bond motifs is 1. The highest BCUT2D eigenvalue weighted by Crippen LogP contribution is 2.38. The number of ether oxygens (including phenoxy) is 2. The first-order valence-electron chi connectivity index (χ1n) is 15.7. The third-order valence-electron chi connectivity index (χ3n) is 7.18. The molecule has 0 aliphatic rings. The molecule has 0 radical (unpaired) electrons. The average molecular weight is 750 g/mol. The minimum Gasteiger partial charge on any atom is -0.490 e. The SMILES string of the molecule is CCOc1cc2ncc(C(N)=O)c(Nc3cccc(CNC(=O)[C@@H](N)[C@@H](C)CC)c3CC)c2cc1OCC.O=C(O)C(F)(F)F.O=C(O)C(F)(F)F. The van der Waals surface area contributed by atoms with Crippen LogP contribution in [0, 0.1) is 5.92 Å². The van der Waals surface area contributed by atoms with Crippen molar-refractivity contribution in [2.75, 3.05) is 18.5 Å². The number of primary amides is 1. The molecule has 2 aromatic carbocycles. The number of hydrogen-bond acceptors (Lipinski definition) is 9. The Bertz CT molecular complexity index is 1680. The molecule has 0 saturated heterocycles. The number of aliphatic carboxylic acids is 2. The predicted octanol–water partition coefficient (Wildman–Crippen LogP) is 5.69. The molecule has 19 heteroatoms. The van der Waals surface area contributed by atoms with Crippen LogP contribution in [0.3, 0.4) is 0 Å². The predicted molar refractivity (Wildman–Crippen MR) is 178 cm³/mol. The number of nitrogens with two attached hydrogens (primary N) is 2. The van der Waals surface area contributed by atoms with Gasteiger partial charge in [-0.3, -0.25) is 14.6 Å². The lowest BCUT2D eigenvalue weighted by atomic mass is 9.98. The Labute approximate surface area is 294 Å². The highest BCUT2D eigenvalue weighted by molar-refractivity contribution is 6.08. The van der Waals surface area contributed by atoms with E-state index in [4.69, 9.17) is 40.7 Å². The molecule has 13 nitrogen and oxygen atoms in total. The van der Waals surface area contributed by atoms with Crippen molar-refractivity contribution < 1.29 is 65.2 Å². The van der Waals surface area contributed by atoms with Gasteiger partial charge in [-0.05, 0) is 49.4 Å². The number of amides is 2. The smallest absolute Gasteiger partial charge is 0.490 e. The van der Waals surface area contributed by atoms with Crippen LogP contribution in [0.25, 0.3) is 10.9 Å². The first-order valence-corrected chi connectivity index (χ1v) is 15.7. The van der Waals surface area contributed by atoms with Gasteiger partial charge in [0.1, 0.15) is 0 Å². The summed E-state index contributed by atoms with van der Waals surface area (Å²) in [4.78, 5) is 47.2. The zero-order valence-electron chi connectivity index (χ0n) is 28.9. The van der Waals surface area contributed by atoms with E-state index in [1.807, 2.05) is 58.9 Å². The van der Waals surface area contributed by atoms with E-state index in [2.05, 4.69) is 15.6 Å². The molecule has 0 fully saturated rings. The molecular weight excluding hydrogens is 708 g/mol. The summed E-state index contributed by atoms with van der Waals surface area (Å²) in [6, 6.07) is 8.87. The first-order chi connectivity index (χ1) is 24.1. The number of aromatic nitrogens is 1. The molecule has 0 aliphatic carbocycles. The fourth-order valence-corrected chi connectivity index (χ4v) is 4.34. The number of nitrogens with zero attached hydrogens (tertiary/aromatic N) is 1. The van der Waals surface area contributed by atoms with Crippen molar-refractivity contribution in [3.8, 4) is 11.5 Å². The summed E-state index contributed by atoms with van der Waals surface area (Å²) in [5, 5.41) is 21.3. The molecule has 1 heterocycles. The van der Waals surface area contributed by atoms with Crippen LogP contribution in [0.4, 0.5) is 37.7 Å². The second-order valence-corrected chi connectivity index (χ2v) is 10.7. The van der Waals surface area contributed by atoms with E-state index in [-0.39, 0.29) is 17.4 Å². The minimum atomic E-state index is -5.08. The molecule has 2 amide bonds. The molecule has 52 heavy (non-hydrogen) atoms. The molecule has 0 aliphatic heterocycles. The second kappa shape index (κ2) is 19.9. The van der Waals surface area contributed by atoms with Gasteiger partial charge in [-0.1, -0.05) is 39.3 Å². The van der Waals surface area contributed by atoms with Gasteiger partial charge in [0.2, 0.25) is 5.91 Å². The lowest BCUT2D eigenvalue weighted by molar-refractivity contribution is -0.193. The number of carboxylic acid groups (broad SMARTS) is 2. The van der Waals surface area contributed by atoms with Crippen LogP contribution in [-0.4, -0.2) is 70.6 Å². The third kappa shape index (κ3) is 13.1. The van der Waals surface area contributed by atoms with Crippen LogP contribution < -0.4 is 31.6 Å². The van der Waals surface area contributed by atoms with Crippen LogP contribution in [0.2, 0.25) is 0 Å². The molecule has 288 valence electrons. The fraction of sp³-hybridized carbons (Fsp3) is 0.424. The summed E-state index contributed by atoms with van der Waals surface area (Å²) < 4.78 is 75.0. The number of nitrogens with one attached hydrogen (secondary N) is 2. The zero-order valence-corrected chi connectivity index (χ0v) is 28.9. The number of carboxylic acids is 2. The Kier molecular flexibility index (Phi) is 17.1. The summed E-state index contributed by atoms with van der Waals surface area (Å²) >= 11 is 0. The van der Waals surface area contributed by atoms with Crippen molar-refractivity contribution in [2.45, 2.75) is 72.4 Å². The lowest BCUT2D eigenvalue weighted by Gasteiger charge is -2.21. The van der Waals surface area contributed by atoms with Crippen LogP contribution in [-0.2, 0) is 27.3 Å². The van der Waals surface area contributed by atoms with Gasteiger partial charge in [0.05, 0.1) is 36.0 Å². The summed E-state index contributed by atoms with van der Waals surface area (Å²) in [5.74, 6) is -5.07. The lowest BCUT2D eigenvalue weighted by Crippen LogP contribution is -2.44. The Hall–Kier alpha value is -5.33. The number of alkyl halides is 6. The third-order valence-corrected chi connectivity index (χ3v) is 7.18. The van der Waals surface area contributed by atoms with Crippen LogP contribution in [0.5, 0.6) is 11.5 Å². The van der Waals surface area contributed by atoms with Crippen LogP contribution >= 0.6 is 0 Å². The number of rotatable bonds is 13. The number of carbonyl (C=O) groups excluding carboxylic acids is 2. The number of benzene rings is 2. The largest absolute Gasteiger partial charge is 0.490 e. The molecule has 0 unspecified atom stereocenters. The highest BCUT2D eigenvalue weighted by atomic mass is 19.4. The summed E-state index contributed by atoms with van der Waals surface area (Å²) in [5.41, 5.74) is 16.0. The molecule has 8 N–H and O–H groups in total. The van der Waals surface area contributed by atoms with E-state index in [1.165, 1.54) is 6.20 Å². The standard InChI is InChI=1S/C29H39N5O4.2C2HF3O2/c1-6-17(5)26(30)29(36)33-15-18-11-10-12-22(19(18)7-2)34-27-20-13-24(37-8-3)25(38-9-4)14-23(20)32-16-21(27)28(31)35;2*3-2(4,5)1(6)7/h10-14,16-17,26H,6-9,15,30H2,1-5H3,(H2,31,35)(H,32,34)(H,33,36);2*(H,6,7)/t17-,26-;;/m0../s1. The molecule has 0 saturated carbocycles. The molecular formula is C33H41F6N5O8. The number of carbonyl (C=O) groups is 4. The van der Waals surface area contributed by atoms with Gasteiger partial charge in [-0.25, -0.2) is 9.59 Å². The normalized spacial score (nSPS) is 12.2. The number of anilines is 2. The van der Waals surface area contributed by atoms with Crippen molar-refractivity contribution in [1.82, 2.24) is 10.3 Å². The van der Waals surface area contributed by atoms with E-state index >= 15 is 0 Å². The Morgan fingerprint density at radius 1 is 0.904 bits per heavy atom. The number of hydrogen-bond donors (Lipinski definition) is 6. The minimum absolute atomic E-state index is 0.0886. The number of halogens is 6. The maximum Gasteiger partial charge on any atom is 0.490 e. The topological polar surface area (TPSA) is 216 Å². The Morgan fingerprint density at radius 3 is 1.87 bits per heavy atom. The molecule has 0 bridgehead atoms. The first kappa shape index (κ1) is 44.7. The van der Waals surface area contributed by atoms with E-state index in [1.54, 1.807) is 6.07 Å². The van der Waals surface area contributed by atoms with Crippen molar-refractivity contribution >= 4 is 46.0 Å². The highest BCUT2D eigenvalue weighted by Gasteiger charge is 2.39. The van der Waals surface area contributed by atoms with Gasteiger partial charge >= 0.3 is 24.3 Å². The second-order valence-electron chi connectivity index (χ2n) is 10.7. The van der Waals surface area contributed by atoms with Gasteiger partial charge in [0, 0.05) is 29.9 Å². The molecule has 1 aromatic heterocycles. The molecule has 2 atom stereocenters. The monoisotopic (exact) mass is 749 g/mol. The van der Waals surface area contributed by atoms with Gasteiger partial charge in [-0.2, -0.15) is 26.3 Å². The molecule has 0 spiro atoms. The van der Waals surface area contributed by atoms with Gasteiger partial charge in [0.15, 0.2) is 11.5 Å². The van der Waals surface area contributed by atoms with Crippen molar-refractivity contribution in [3.05, 3.63) is 53.2 Å². The Morgan fingerprint density at radius 2 is 1.42 bits per heavy atom. The van der Waals surface area contributed by atoms with E-state index in [9.17, 15) is 35.9 Å². The van der Waals surface area contributed by atoms with Crippen molar-refractivity contribution in [2.24, 2.45) is 17.4 Å². The summed E-state index contributed by atoms with van der Waals surface area (Å²) in [7, 11) is 0. The fourth-order valence-electron chi connectivity index (χ4n) is 4.34. The van der Waals surface area contributed by atoms with Crippen molar-refractivity contribution in [1.29, 1.82) is 0 Å². The van der Waals surface area contributed by atoms with E-state index < -0.39 is 36.2 Å². The number of pyridine rings is 1.